The summed E-state index contributed by atoms with van der Waals surface area (Å²) in [4.78, 5) is 24.9. The molecule has 1 aromatic heterocycles. The Kier molecular flexibility index (Phi) is 11.2. The number of aryl methyl sites for hydroxylation is 1. The van der Waals surface area contributed by atoms with E-state index >= 15 is 0 Å². The van der Waals surface area contributed by atoms with E-state index in [1.54, 1.807) is 0 Å². The SMILES string of the molecule is CCCCC[n+]1c(C=CC2=C(Cl)C(=CC=C3C=Cc4c(ccc5ccccc45)N3CCCCP(=O)([O-])[O-])CCC2)ccc2c3ccccc3ccc21. The summed E-state index contributed by atoms with van der Waals surface area (Å²) in [7, 11) is -4.53. The Morgan fingerprint density at radius 1 is 0.788 bits per heavy atom. The zero-order chi connectivity index (χ0) is 36.1. The summed E-state index contributed by atoms with van der Waals surface area (Å²) in [6, 6.07) is 30.2. The second-order valence-electron chi connectivity index (χ2n) is 13.9. The van der Waals surface area contributed by atoms with Gasteiger partial charge in [-0.15, -0.1) is 0 Å². The monoisotopic (exact) mass is 727 g/mol. The highest BCUT2D eigenvalue weighted by Crippen LogP contribution is 2.38. The van der Waals surface area contributed by atoms with Gasteiger partial charge in [0.1, 0.15) is 6.54 Å². The van der Waals surface area contributed by atoms with Crippen LogP contribution in [0.3, 0.4) is 0 Å². The first-order valence-electron chi connectivity index (χ1n) is 18.6. The van der Waals surface area contributed by atoms with Crippen LogP contribution in [0.25, 0.3) is 44.6 Å². The van der Waals surface area contributed by atoms with E-state index in [1.807, 2.05) is 12.1 Å². The number of anilines is 1. The Hall–Kier alpha value is -4.25. The third-order valence-electron chi connectivity index (χ3n) is 10.4. The quantitative estimate of drug-likeness (QED) is 0.0555. The number of hydrogen-bond acceptors (Lipinski definition) is 4. The molecule has 0 saturated carbocycles. The number of hydrogen-bond donors (Lipinski definition) is 0. The molecular weight excluding hydrogens is 683 g/mol. The Bertz CT molecular complexity index is 2330. The zero-order valence-electron chi connectivity index (χ0n) is 29.8. The van der Waals surface area contributed by atoms with E-state index in [2.05, 4.69) is 126 Å². The number of aromatic nitrogens is 1. The largest absolute Gasteiger partial charge is 0.811 e. The second-order valence-corrected chi connectivity index (χ2v) is 15.9. The molecule has 0 N–H and O–H groups in total. The lowest BCUT2D eigenvalue weighted by atomic mass is 9.93. The average Bonchev–Trinajstić information content (AvgIpc) is 3.15. The number of benzene rings is 4. The molecule has 7 heteroatoms. The van der Waals surface area contributed by atoms with E-state index in [4.69, 9.17) is 11.6 Å². The fourth-order valence-electron chi connectivity index (χ4n) is 7.65. The minimum atomic E-state index is -4.53. The van der Waals surface area contributed by atoms with Crippen LogP contribution in [0.5, 0.6) is 0 Å². The number of nitrogens with zero attached hydrogens (tertiary/aromatic N) is 2. The average molecular weight is 728 g/mol. The van der Waals surface area contributed by atoms with Crippen molar-refractivity contribution < 1.29 is 18.9 Å². The molecule has 5 aromatic rings. The maximum atomic E-state index is 11.3. The standard InChI is InChI=1S/C45H46ClN2O3P/c1-2-3-8-30-47-37(24-26-41-39-16-6-4-12-33(39)20-28-43(41)47)22-18-35-14-11-15-36(45(35)46)19-23-38-25-27-42-40-17-7-5-13-34(40)21-29-44(42)48(38)31-9-10-32-52(49,50)51/h4-7,12-13,16-29H,2-3,8-11,14-15,30-32H2,1H3,(H-,49,50,51)/p-1. The molecule has 0 fully saturated rings. The van der Waals surface area contributed by atoms with Crippen LogP contribution in [0.1, 0.15) is 69.5 Å². The molecule has 5 nitrogen and oxygen atoms in total. The summed E-state index contributed by atoms with van der Waals surface area (Å²) >= 11 is 7.17. The second kappa shape index (κ2) is 16.2. The number of rotatable bonds is 12. The van der Waals surface area contributed by atoms with Crippen molar-refractivity contribution in [1.29, 1.82) is 0 Å². The molecule has 0 unspecified atom stereocenters. The molecule has 4 aromatic carbocycles. The van der Waals surface area contributed by atoms with Gasteiger partial charge in [0.15, 0.2) is 0 Å². The number of halogens is 1. The fraction of sp³-hybridized carbons (Fsp3) is 0.267. The van der Waals surface area contributed by atoms with Gasteiger partial charge in [-0.3, -0.25) is 0 Å². The molecule has 7 rings (SSSR count). The number of pyridine rings is 1. The molecule has 0 bridgehead atoms. The predicted molar refractivity (Wildman–Crippen MR) is 215 cm³/mol. The summed E-state index contributed by atoms with van der Waals surface area (Å²) in [5.74, 6) is 0. The molecule has 0 amide bonds. The van der Waals surface area contributed by atoms with Crippen LogP contribution in [0.4, 0.5) is 5.69 Å². The van der Waals surface area contributed by atoms with Crippen molar-refractivity contribution in [3.8, 4) is 0 Å². The molecular formula is C45H45ClN2O3P-. The highest BCUT2D eigenvalue weighted by atomic mass is 35.5. The zero-order valence-corrected chi connectivity index (χ0v) is 31.4. The van der Waals surface area contributed by atoms with Crippen LogP contribution >= 0.6 is 19.2 Å². The van der Waals surface area contributed by atoms with Gasteiger partial charge in [-0.25, -0.2) is 0 Å². The lowest BCUT2D eigenvalue weighted by Crippen LogP contribution is -2.38. The highest BCUT2D eigenvalue weighted by Gasteiger charge is 2.21. The fourth-order valence-corrected chi connectivity index (χ4v) is 8.58. The first-order chi connectivity index (χ1) is 25.3. The molecule has 2 aliphatic rings. The number of allylic oxidation sites excluding steroid dienone is 7. The van der Waals surface area contributed by atoms with Crippen LogP contribution in [0, 0.1) is 0 Å². The van der Waals surface area contributed by atoms with Crippen LogP contribution < -0.4 is 19.3 Å². The lowest BCUT2D eigenvalue weighted by molar-refractivity contribution is -0.673. The molecule has 0 saturated heterocycles. The summed E-state index contributed by atoms with van der Waals surface area (Å²) in [5, 5.41) is 6.96. The maximum Gasteiger partial charge on any atom is 0.213 e. The summed E-state index contributed by atoms with van der Waals surface area (Å²) < 4.78 is 13.8. The summed E-state index contributed by atoms with van der Waals surface area (Å²) in [6.07, 6.45) is 19.9. The van der Waals surface area contributed by atoms with Crippen LogP contribution in [-0.2, 0) is 11.1 Å². The molecule has 0 radical (unpaired) electrons. The predicted octanol–water partition coefficient (Wildman–Crippen LogP) is 10.4. The third kappa shape index (κ3) is 8.04. The van der Waals surface area contributed by atoms with Crippen molar-refractivity contribution in [2.75, 3.05) is 17.6 Å². The maximum absolute atomic E-state index is 11.3. The van der Waals surface area contributed by atoms with Gasteiger partial charge in [0.25, 0.3) is 0 Å². The van der Waals surface area contributed by atoms with Crippen LogP contribution in [0.2, 0.25) is 0 Å². The molecule has 2 heterocycles. The van der Waals surface area contributed by atoms with Crippen molar-refractivity contribution in [2.24, 2.45) is 0 Å². The highest BCUT2D eigenvalue weighted by molar-refractivity contribution is 7.48. The first-order valence-corrected chi connectivity index (χ1v) is 20.7. The normalized spacial score (nSPS) is 16.7. The molecule has 0 spiro atoms. The topological polar surface area (TPSA) is 70.3 Å². The molecule has 1 aliphatic carbocycles. The minimum absolute atomic E-state index is 0.324. The van der Waals surface area contributed by atoms with Crippen molar-refractivity contribution in [3.63, 3.8) is 0 Å². The van der Waals surface area contributed by atoms with E-state index in [0.29, 0.717) is 19.4 Å². The van der Waals surface area contributed by atoms with Gasteiger partial charge in [-0.2, -0.15) is 4.57 Å². The van der Waals surface area contributed by atoms with Crippen molar-refractivity contribution in [3.05, 3.63) is 142 Å². The minimum Gasteiger partial charge on any atom is -0.811 e. The molecule has 266 valence electrons. The number of unbranched alkanes of at least 4 members (excludes halogenated alkanes) is 3. The van der Waals surface area contributed by atoms with Crippen LogP contribution in [-0.4, -0.2) is 12.7 Å². The van der Waals surface area contributed by atoms with Gasteiger partial charge in [0.2, 0.25) is 11.2 Å². The van der Waals surface area contributed by atoms with E-state index in [0.717, 1.165) is 65.4 Å². The smallest absolute Gasteiger partial charge is 0.213 e. The number of fused-ring (bicyclic) bond motifs is 6. The van der Waals surface area contributed by atoms with Crippen molar-refractivity contribution >= 4 is 69.5 Å². The van der Waals surface area contributed by atoms with E-state index in [1.165, 1.54) is 51.0 Å². The van der Waals surface area contributed by atoms with Crippen LogP contribution in [0.15, 0.2) is 131 Å². The van der Waals surface area contributed by atoms with E-state index < -0.39 is 7.60 Å². The Labute approximate surface area is 312 Å². The van der Waals surface area contributed by atoms with Crippen molar-refractivity contribution in [2.45, 2.75) is 64.8 Å². The van der Waals surface area contributed by atoms with Gasteiger partial charge >= 0.3 is 0 Å². The van der Waals surface area contributed by atoms with Gasteiger partial charge in [-0.05, 0) is 108 Å². The Morgan fingerprint density at radius 3 is 2.37 bits per heavy atom. The van der Waals surface area contributed by atoms with Crippen molar-refractivity contribution in [1.82, 2.24) is 0 Å². The van der Waals surface area contributed by atoms with E-state index in [-0.39, 0.29) is 6.16 Å². The van der Waals surface area contributed by atoms with Gasteiger partial charge in [-0.1, -0.05) is 105 Å². The molecule has 52 heavy (non-hydrogen) atoms. The molecule has 1 aliphatic heterocycles. The Morgan fingerprint density at radius 2 is 1.56 bits per heavy atom. The molecule has 0 atom stereocenters. The third-order valence-corrected chi connectivity index (χ3v) is 11.7. The Balaban J connectivity index is 1.19. The lowest BCUT2D eigenvalue weighted by Gasteiger charge is -2.33. The first kappa shape index (κ1) is 36.1. The van der Waals surface area contributed by atoms with Gasteiger partial charge in [0.05, 0.1) is 5.39 Å². The van der Waals surface area contributed by atoms with Gasteiger partial charge in [0, 0.05) is 53.2 Å². The summed E-state index contributed by atoms with van der Waals surface area (Å²) in [6.45, 7) is 3.81. The van der Waals surface area contributed by atoms with Gasteiger partial charge < -0.3 is 19.3 Å². The summed E-state index contributed by atoms with van der Waals surface area (Å²) in [5.41, 5.74) is 7.89. The van der Waals surface area contributed by atoms with E-state index in [9.17, 15) is 14.4 Å².